The second-order valence-electron chi connectivity index (χ2n) is 6.64. The molecule has 0 unspecified atom stereocenters. The Morgan fingerprint density at radius 1 is 1.19 bits per heavy atom. The van der Waals surface area contributed by atoms with E-state index in [1.54, 1.807) is 7.11 Å². The Morgan fingerprint density at radius 2 is 1.89 bits per heavy atom. The normalized spacial score (nSPS) is 14.7. The Morgan fingerprint density at radius 3 is 2.59 bits per heavy atom. The highest BCUT2D eigenvalue weighted by molar-refractivity contribution is 7.13. The number of methoxy groups -OCH3 is 1. The molecule has 7 heteroatoms. The topological polar surface area (TPSA) is 63.7 Å². The number of rotatable bonds is 8. The van der Waals surface area contributed by atoms with Crippen LogP contribution in [0.1, 0.15) is 39.6 Å². The zero-order valence-corrected chi connectivity index (χ0v) is 16.8. The van der Waals surface area contributed by atoms with Crippen molar-refractivity contribution in [3.8, 4) is 11.5 Å². The molecule has 1 saturated heterocycles. The first-order valence-electron chi connectivity index (χ1n) is 9.39. The fraction of sp³-hybridized carbons (Fsp3) is 0.500. The van der Waals surface area contributed by atoms with E-state index in [0.717, 1.165) is 41.8 Å². The number of carbonyl (C=O) groups is 1. The molecule has 0 bridgehead atoms. The monoisotopic (exact) mass is 389 g/mol. The molecule has 3 rings (SSSR count). The van der Waals surface area contributed by atoms with Crippen molar-refractivity contribution in [2.75, 3.05) is 33.4 Å². The molecule has 1 N–H and O–H groups in total. The van der Waals surface area contributed by atoms with Crippen LogP contribution in [0.2, 0.25) is 0 Å². The van der Waals surface area contributed by atoms with Gasteiger partial charge < -0.3 is 14.8 Å². The highest BCUT2D eigenvalue weighted by Crippen LogP contribution is 2.21. The number of nitrogens with one attached hydrogen (secondary N) is 1. The average molecular weight is 390 g/mol. The predicted octanol–water partition coefficient (Wildman–Crippen LogP) is 3.25. The van der Waals surface area contributed by atoms with E-state index in [9.17, 15) is 4.79 Å². The van der Waals surface area contributed by atoms with E-state index in [-0.39, 0.29) is 5.91 Å². The molecule has 0 spiro atoms. The maximum atomic E-state index is 12.4. The highest BCUT2D eigenvalue weighted by Gasteiger charge is 2.18. The minimum absolute atomic E-state index is 0.0757. The number of hydrogen-bond acceptors (Lipinski definition) is 6. The van der Waals surface area contributed by atoms with Crippen molar-refractivity contribution in [1.82, 2.24) is 15.2 Å². The third-order valence-corrected chi connectivity index (χ3v) is 5.71. The Kier molecular flexibility index (Phi) is 7.06. The molecule has 1 aromatic carbocycles. The minimum Gasteiger partial charge on any atom is -0.497 e. The van der Waals surface area contributed by atoms with E-state index >= 15 is 0 Å². The van der Waals surface area contributed by atoms with Crippen molar-refractivity contribution in [3.05, 3.63) is 39.8 Å². The number of likely N-dealkylation sites (tertiary alicyclic amines) is 1. The lowest BCUT2D eigenvalue weighted by Crippen LogP contribution is -2.29. The van der Waals surface area contributed by atoms with Crippen LogP contribution >= 0.6 is 11.3 Å². The third kappa shape index (κ3) is 5.68. The summed E-state index contributed by atoms with van der Waals surface area (Å²) in [6.07, 6.45) is 3.83. The van der Waals surface area contributed by atoms with Crippen LogP contribution in [0.3, 0.4) is 0 Å². The summed E-state index contributed by atoms with van der Waals surface area (Å²) in [6, 6.07) is 7.39. The van der Waals surface area contributed by atoms with Crippen LogP contribution in [0.15, 0.2) is 24.3 Å². The summed E-state index contributed by atoms with van der Waals surface area (Å²) in [6.45, 7) is 5.87. The van der Waals surface area contributed by atoms with Crippen LogP contribution < -0.4 is 14.8 Å². The van der Waals surface area contributed by atoms with E-state index < -0.39 is 0 Å². The van der Waals surface area contributed by atoms with Crippen LogP contribution in [-0.4, -0.2) is 49.1 Å². The van der Waals surface area contributed by atoms with Gasteiger partial charge in [-0.05, 0) is 57.1 Å². The van der Waals surface area contributed by atoms with E-state index in [2.05, 4.69) is 15.2 Å². The molecule has 27 heavy (non-hydrogen) atoms. The van der Waals surface area contributed by atoms with Crippen LogP contribution in [0, 0.1) is 6.92 Å². The lowest BCUT2D eigenvalue weighted by atomic mass is 10.1. The van der Waals surface area contributed by atoms with Gasteiger partial charge in [-0.1, -0.05) is 6.42 Å². The van der Waals surface area contributed by atoms with Gasteiger partial charge in [0.15, 0.2) is 0 Å². The number of benzene rings is 1. The van der Waals surface area contributed by atoms with Gasteiger partial charge in [-0.15, -0.1) is 11.3 Å². The van der Waals surface area contributed by atoms with Gasteiger partial charge in [0.05, 0.1) is 25.9 Å². The number of ether oxygens (including phenoxy) is 2. The lowest BCUT2D eigenvalue weighted by molar-refractivity contribution is 0.0950. The van der Waals surface area contributed by atoms with Crippen molar-refractivity contribution in [2.45, 2.75) is 32.7 Å². The van der Waals surface area contributed by atoms with Gasteiger partial charge in [0, 0.05) is 0 Å². The number of aryl methyl sites for hydroxylation is 1. The number of piperidine rings is 1. The molecular weight excluding hydrogens is 362 g/mol. The fourth-order valence-corrected chi connectivity index (χ4v) is 4.15. The Bertz CT molecular complexity index is 739. The molecule has 6 nitrogen and oxygen atoms in total. The van der Waals surface area contributed by atoms with Gasteiger partial charge in [0.2, 0.25) is 0 Å². The van der Waals surface area contributed by atoms with Gasteiger partial charge in [0.1, 0.15) is 28.0 Å². The van der Waals surface area contributed by atoms with Crippen molar-refractivity contribution >= 4 is 17.2 Å². The third-order valence-electron chi connectivity index (χ3n) is 4.57. The van der Waals surface area contributed by atoms with Gasteiger partial charge in [-0.2, -0.15) is 0 Å². The molecule has 2 aromatic rings. The summed E-state index contributed by atoms with van der Waals surface area (Å²) >= 11 is 1.50. The van der Waals surface area contributed by atoms with Gasteiger partial charge in [0.25, 0.3) is 5.91 Å². The Labute approximate surface area is 164 Å². The zero-order valence-electron chi connectivity index (χ0n) is 16.0. The molecule has 0 atom stereocenters. The van der Waals surface area contributed by atoms with Crippen molar-refractivity contribution in [3.63, 3.8) is 0 Å². The van der Waals surface area contributed by atoms with Gasteiger partial charge in [-0.3, -0.25) is 9.69 Å². The first-order valence-corrected chi connectivity index (χ1v) is 10.2. The van der Waals surface area contributed by atoms with E-state index in [1.807, 2.05) is 31.2 Å². The first-order chi connectivity index (χ1) is 13.2. The number of hydrogen-bond donors (Lipinski definition) is 1. The molecule has 1 fully saturated rings. The van der Waals surface area contributed by atoms with Crippen LogP contribution in [0.25, 0.3) is 0 Å². The largest absolute Gasteiger partial charge is 0.497 e. The maximum absolute atomic E-state index is 12.4. The summed E-state index contributed by atoms with van der Waals surface area (Å²) < 4.78 is 10.8. The number of thiazole rings is 1. The molecule has 1 aromatic heterocycles. The van der Waals surface area contributed by atoms with E-state index in [0.29, 0.717) is 18.0 Å². The van der Waals surface area contributed by atoms with Crippen LogP contribution in [0.4, 0.5) is 0 Å². The second kappa shape index (κ2) is 9.71. The highest BCUT2D eigenvalue weighted by atomic mass is 32.1. The fourth-order valence-electron chi connectivity index (χ4n) is 3.13. The Hall–Kier alpha value is -2.12. The average Bonchev–Trinajstić information content (AvgIpc) is 3.06. The molecule has 0 saturated carbocycles. The molecule has 146 valence electrons. The van der Waals surface area contributed by atoms with Crippen molar-refractivity contribution < 1.29 is 14.3 Å². The summed E-state index contributed by atoms with van der Waals surface area (Å²) in [7, 11) is 1.63. The standard InChI is InChI=1S/C20H27N3O3S/c1-15-19(27-18(22-15)14-23-11-4-3-5-12-23)20(24)21-10-13-26-17-8-6-16(25-2)7-9-17/h6-9H,3-5,10-14H2,1-2H3,(H,21,24). The molecule has 1 aliphatic rings. The number of amides is 1. The molecule has 1 amide bonds. The Balaban J connectivity index is 1.44. The number of nitrogens with zero attached hydrogens (tertiary/aromatic N) is 2. The summed E-state index contributed by atoms with van der Waals surface area (Å²) in [5, 5.41) is 3.94. The maximum Gasteiger partial charge on any atom is 0.263 e. The minimum atomic E-state index is -0.0757. The van der Waals surface area contributed by atoms with Crippen molar-refractivity contribution in [2.24, 2.45) is 0 Å². The quantitative estimate of drug-likeness (QED) is 0.702. The summed E-state index contributed by atoms with van der Waals surface area (Å²) in [4.78, 5) is 20.2. The SMILES string of the molecule is COc1ccc(OCCNC(=O)c2sc(CN3CCCCC3)nc2C)cc1. The van der Waals surface area contributed by atoms with E-state index in [4.69, 9.17) is 9.47 Å². The predicted molar refractivity (Wildman–Crippen MR) is 107 cm³/mol. The van der Waals surface area contributed by atoms with Gasteiger partial charge >= 0.3 is 0 Å². The summed E-state index contributed by atoms with van der Waals surface area (Å²) in [5.74, 6) is 1.47. The number of carbonyl (C=O) groups excluding carboxylic acids is 1. The smallest absolute Gasteiger partial charge is 0.263 e. The van der Waals surface area contributed by atoms with Crippen LogP contribution in [0.5, 0.6) is 11.5 Å². The molecule has 0 aliphatic carbocycles. The van der Waals surface area contributed by atoms with Crippen molar-refractivity contribution in [1.29, 1.82) is 0 Å². The summed E-state index contributed by atoms with van der Waals surface area (Å²) in [5.41, 5.74) is 0.806. The second-order valence-corrected chi connectivity index (χ2v) is 7.72. The lowest BCUT2D eigenvalue weighted by Gasteiger charge is -2.25. The number of aromatic nitrogens is 1. The molecule has 1 aliphatic heterocycles. The molecular formula is C20H27N3O3S. The van der Waals surface area contributed by atoms with E-state index in [1.165, 1.54) is 30.6 Å². The zero-order chi connectivity index (χ0) is 19.1. The van der Waals surface area contributed by atoms with Gasteiger partial charge in [-0.25, -0.2) is 4.98 Å². The first kappa shape index (κ1) is 19.6. The van der Waals surface area contributed by atoms with Crippen LogP contribution in [-0.2, 0) is 6.54 Å². The molecule has 2 heterocycles. The molecule has 0 radical (unpaired) electrons.